The van der Waals surface area contributed by atoms with Gasteiger partial charge in [-0.15, -0.1) is 0 Å². The maximum atomic E-state index is 13.3. The summed E-state index contributed by atoms with van der Waals surface area (Å²) in [5.41, 5.74) is 0.554. The molecule has 0 spiro atoms. The molecule has 3 aromatic rings. The number of imidazole rings is 1. The zero-order valence-electron chi connectivity index (χ0n) is 15.1. The van der Waals surface area contributed by atoms with Crippen molar-refractivity contribution in [1.29, 1.82) is 0 Å². The summed E-state index contributed by atoms with van der Waals surface area (Å²) in [5, 5.41) is 7.01. The molecule has 0 aliphatic carbocycles. The molecular weight excluding hydrogens is 349 g/mol. The summed E-state index contributed by atoms with van der Waals surface area (Å²) in [5.74, 6) is -0.217. The number of carbonyl (C=O) groups excluding carboxylic acids is 1. The summed E-state index contributed by atoms with van der Waals surface area (Å²) in [6.45, 7) is 2.35. The van der Waals surface area contributed by atoms with Gasteiger partial charge in [0.15, 0.2) is 0 Å². The lowest BCUT2D eigenvalue weighted by Gasteiger charge is -2.19. The minimum atomic E-state index is -0.591. The monoisotopic (exact) mass is 369 g/mol. The van der Waals surface area contributed by atoms with Crippen LogP contribution in [0.25, 0.3) is 0 Å². The molecule has 1 amide bonds. The van der Waals surface area contributed by atoms with Crippen molar-refractivity contribution >= 4 is 5.91 Å². The molecule has 0 aliphatic rings. The highest BCUT2D eigenvalue weighted by molar-refractivity contribution is 5.92. The second kappa shape index (κ2) is 7.94. The van der Waals surface area contributed by atoms with Gasteiger partial charge < -0.3 is 9.88 Å². The van der Waals surface area contributed by atoms with Crippen molar-refractivity contribution in [1.82, 2.24) is 24.6 Å². The average Bonchev–Trinajstić information content (AvgIpc) is 3.08. The lowest BCUT2D eigenvalue weighted by Crippen LogP contribution is -2.33. The number of nitrogens with zero attached hydrogens (tertiary/aromatic N) is 4. The average molecular weight is 369 g/mol. The van der Waals surface area contributed by atoms with Gasteiger partial charge in [0.2, 0.25) is 0 Å². The van der Waals surface area contributed by atoms with Crippen LogP contribution in [0.1, 0.15) is 41.3 Å². The molecule has 1 unspecified atom stereocenters. The Balaban J connectivity index is 1.93. The molecule has 0 bridgehead atoms. The highest BCUT2D eigenvalue weighted by Gasteiger charge is 2.22. The lowest BCUT2D eigenvalue weighted by atomic mass is 10.1. The van der Waals surface area contributed by atoms with Gasteiger partial charge in [0.25, 0.3) is 11.5 Å². The highest BCUT2D eigenvalue weighted by atomic mass is 19.1. The molecule has 2 aromatic heterocycles. The molecule has 1 N–H and O–H groups in total. The van der Waals surface area contributed by atoms with Crippen molar-refractivity contribution < 1.29 is 9.18 Å². The van der Waals surface area contributed by atoms with E-state index in [4.69, 9.17) is 0 Å². The zero-order valence-corrected chi connectivity index (χ0v) is 15.1. The van der Waals surface area contributed by atoms with Crippen LogP contribution in [-0.2, 0) is 13.6 Å². The fourth-order valence-electron chi connectivity index (χ4n) is 2.75. The van der Waals surface area contributed by atoms with Gasteiger partial charge in [-0.1, -0.05) is 19.1 Å². The number of hydrogen-bond donors (Lipinski definition) is 1. The van der Waals surface area contributed by atoms with Crippen LogP contribution in [-0.4, -0.2) is 25.2 Å². The van der Waals surface area contributed by atoms with Gasteiger partial charge in [-0.2, -0.15) is 5.10 Å². The van der Waals surface area contributed by atoms with Crippen molar-refractivity contribution in [2.45, 2.75) is 25.9 Å². The number of amides is 1. The third-order valence-corrected chi connectivity index (χ3v) is 4.13. The summed E-state index contributed by atoms with van der Waals surface area (Å²) < 4.78 is 16.3. The topological polar surface area (TPSA) is 81.8 Å². The summed E-state index contributed by atoms with van der Waals surface area (Å²) in [4.78, 5) is 28.9. The standard InChI is InChI=1S/C19H20FN5O2/c1-3-11-25-16(26)9-8-15(23-25)19(27)22-17(18-21-10-12-24(18)2)13-4-6-14(20)7-5-13/h4-10,12,17H,3,11H2,1-2H3,(H,22,27). The van der Waals surface area contributed by atoms with Crippen LogP contribution in [0.5, 0.6) is 0 Å². The molecule has 3 rings (SSSR count). The Morgan fingerprint density at radius 1 is 1.22 bits per heavy atom. The molecule has 0 saturated carbocycles. The van der Waals surface area contributed by atoms with Gasteiger partial charge >= 0.3 is 0 Å². The van der Waals surface area contributed by atoms with Crippen molar-refractivity contribution in [3.63, 3.8) is 0 Å². The first-order chi connectivity index (χ1) is 13.0. The molecule has 0 fully saturated rings. The molecule has 140 valence electrons. The van der Waals surface area contributed by atoms with E-state index in [0.29, 0.717) is 17.9 Å². The Hall–Kier alpha value is -3.29. The van der Waals surface area contributed by atoms with Crippen LogP contribution in [0.3, 0.4) is 0 Å². The van der Waals surface area contributed by atoms with Crippen molar-refractivity contribution in [2.24, 2.45) is 7.05 Å². The first kappa shape index (κ1) is 18.5. The minimum Gasteiger partial charge on any atom is -0.337 e. The van der Waals surface area contributed by atoms with Crippen molar-refractivity contribution in [3.8, 4) is 0 Å². The Morgan fingerprint density at radius 2 is 1.96 bits per heavy atom. The number of nitrogens with one attached hydrogen (secondary N) is 1. The number of halogens is 1. The summed E-state index contributed by atoms with van der Waals surface area (Å²) in [6.07, 6.45) is 4.11. The lowest BCUT2D eigenvalue weighted by molar-refractivity contribution is 0.0933. The number of hydrogen-bond acceptors (Lipinski definition) is 4. The first-order valence-corrected chi connectivity index (χ1v) is 8.61. The smallest absolute Gasteiger partial charge is 0.272 e. The van der Waals surface area contributed by atoms with Crippen LogP contribution in [0, 0.1) is 5.82 Å². The van der Waals surface area contributed by atoms with Gasteiger partial charge in [-0.25, -0.2) is 14.1 Å². The van der Waals surface area contributed by atoms with E-state index in [2.05, 4.69) is 15.4 Å². The Kier molecular flexibility index (Phi) is 5.44. The second-order valence-electron chi connectivity index (χ2n) is 6.13. The third kappa shape index (κ3) is 4.11. The van der Waals surface area contributed by atoms with E-state index in [1.54, 1.807) is 29.1 Å². The molecular formula is C19H20FN5O2. The van der Waals surface area contributed by atoms with E-state index in [1.165, 1.54) is 28.9 Å². The maximum Gasteiger partial charge on any atom is 0.272 e. The third-order valence-electron chi connectivity index (χ3n) is 4.13. The molecule has 27 heavy (non-hydrogen) atoms. The maximum absolute atomic E-state index is 13.3. The van der Waals surface area contributed by atoms with E-state index in [0.717, 1.165) is 6.42 Å². The second-order valence-corrected chi connectivity index (χ2v) is 6.13. The summed E-state index contributed by atoms with van der Waals surface area (Å²) >= 11 is 0. The van der Waals surface area contributed by atoms with E-state index in [9.17, 15) is 14.0 Å². The molecule has 8 heteroatoms. The van der Waals surface area contributed by atoms with Gasteiger partial charge in [-0.3, -0.25) is 9.59 Å². The number of rotatable bonds is 6. The largest absolute Gasteiger partial charge is 0.337 e. The highest BCUT2D eigenvalue weighted by Crippen LogP contribution is 2.21. The predicted molar refractivity (Wildman–Crippen MR) is 97.7 cm³/mol. The summed E-state index contributed by atoms with van der Waals surface area (Å²) in [6, 6.07) is 7.98. The van der Waals surface area contributed by atoms with Gasteiger partial charge in [0.05, 0.1) is 0 Å². The Morgan fingerprint density at radius 3 is 2.59 bits per heavy atom. The van der Waals surface area contributed by atoms with E-state index in [1.807, 2.05) is 14.0 Å². The number of carbonyl (C=O) groups is 1. The number of benzene rings is 1. The van der Waals surface area contributed by atoms with E-state index in [-0.39, 0.29) is 17.1 Å². The fourth-order valence-corrected chi connectivity index (χ4v) is 2.75. The molecule has 0 aliphatic heterocycles. The van der Waals surface area contributed by atoms with E-state index < -0.39 is 11.9 Å². The number of aromatic nitrogens is 4. The Labute approximate surface area is 155 Å². The van der Waals surface area contributed by atoms with Crippen molar-refractivity contribution in [2.75, 3.05) is 0 Å². The van der Waals surface area contributed by atoms with Crippen LogP contribution >= 0.6 is 0 Å². The van der Waals surface area contributed by atoms with Gasteiger partial charge in [0, 0.05) is 32.1 Å². The molecule has 2 heterocycles. The SMILES string of the molecule is CCCn1nc(C(=O)NC(c2ccc(F)cc2)c2nccn2C)ccc1=O. The molecule has 0 radical (unpaired) electrons. The number of aryl methyl sites for hydroxylation is 2. The molecule has 1 atom stereocenters. The quantitative estimate of drug-likeness (QED) is 0.721. The Bertz CT molecular complexity index is 994. The van der Waals surface area contributed by atoms with Gasteiger partial charge in [-0.05, 0) is 30.2 Å². The minimum absolute atomic E-state index is 0.129. The fraction of sp³-hybridized carbons (Fsp3) is 0.263. The molecule has 0 saturated heterocycles. The molecule has 7 nitrogen and oxygen atoms in total. The van der Waals surface area contributed by atoms with Crippen LogP contribution < -0.4 is 10.9 Å². The first-order valence-electron chi connectivity index (χ1n) is 8.61. The zero-order chi connectivity index (χ0) is 19.4. The van der Waals surface area contributed by atoms with Gasteiger partial charge in [0.1, 0.15) is 23.4 Å². The van der Waals surface area contributed by atoms with Crippen LogP contribution in [0.2, 0.25) is 0 Å². The molecule has 1 aromatic carbocycles. The van der Waals surface area contributed by atoms with Crippen LogP contribution in [0.15, 0.2) is 53.6 Å². The van der Waals surface area contributed by atoms with E-state index >= 15 is 0 Å². The normalized spacial score (nSPS) is 12.0. The predicted octanol–water partition coefficient (Wildman–Crippen LogP) is 2.05. The van der Waals surface area contributed by atoms with Crippen molar-refractivity contribution in [3.05, 3.63) is 82.0 Å². The summed E-state index contributed by atoms with van der Waals surface area (Å²) in [7, 11) is 1.81. The van der Waals surface area contributed by atoms with Crippen LogP contribution in [0.4, 0.5) is 4.39 Å².